The molecule has 0 aromatic heterocycles. The van der Waals surface area contributed by atoms with Gasteiger partial charge in [-0.1, -0.05) is 0 Å². The van der Waals surface area contributed by atoms with Crippen molar-refractivity contribution >= 4 is 7.75 Å². The van der Waals surface area contributed by atoms with Crippen LogP contribution in [-0.2, 0) is 4.57 Å². The second-order valence-corrected chi connectivity index (χ2v) is 12.3. The van der Waals surface area contributed by atoms with Gasteiger partial charge in [0.1, 0.15) is 0 Å². The van der Waals surface area contributed by atoms with Crippen LogP contribution >= 0.6 is 7.75 Å². The van der Waals surface area contributed by atoms with Gasteiger partial charge < -0.3 is 9.79 Å². The summed E-state index contributed by atoms with van der Waals surface area (Å²) in [6.45, 7) is 0.215. The van der Waals surface area contributed by atoms with Gasteiger partial charge >= 0.3 is 79.8 Å². The second kappa shape index (κ2) is 13.1. The highest BCUT2D eigenvalue weighted by atomic mass is 31.2. The maximum absolute atomic E-state index is 14.7. The number of rotatable bonds is 18. The minimum absolute atomic E-state index is 0.355. The zero-order valence-corrected chi connectivity index (χ0v) is 24.5. The molecule has 0 saturated heterocycles. The lowest BCUT2D eigenvalue weighted by Crippen LogP contribution is -2.70. The third-order valence-electron chi connectivity index (χ3n) is 6.78. The Morgan fingerprint density at radius 2 is 0.796 bits per heavy atom. The van der Waals surface area contributed by atoms with E-state index in [1.165, 1.54) is 0 Å². The highest BCUT2D eigenvalue weighted by Crippen LogP contribution is 2.63. The van der Waals surface area contributed by atoms with Crippen LogP contribution in [0.2, 0.25) is 0 Å². The first-order valence-corrected chi connectivity index (χ1v) is 13.6. The Bertz CT molecular complexity index is 1200. The molecule has 0 bridgehead atoms. The van der Waals surface area contributed by atoms with Gasteiger partial charge in [0.2, 0.25) is 0 Å². The number of nitrogens with zero attached hydrogens (tertiary/aromatic N) is 1. The average Bonchev–Trinajstić information content (AvgIpc) is 2.84. The van der Waals surface area contributed by atoms with Crippen LogP contribution < -0.4 is 0 Å². The molecule has 2 N–H and O–H groups in total. The number of hydrogen-bond donors (Lipinski definition) is 2. The molecule has 4 nitrogen and oxygen atoms in total. The average molecular weight is 809 g/mol. The predicted octanol–water partition coefficient (Wildman–Crippen LogP) is 9.60. The van der Waals surface area contributed by atoms with Crippen molar-refractivity contribution in [2.45, 2.75) is 124 Å². The van der Waals surface area contributed by atoms with Crippen LogP contribution in [0.1, 0.15) is 40.0 Å². The lowest BCUT2D eigenvalue weighted by atomic mass is 9.81. The van der Waals surface area contributed by atoms with Gasteiger partial charge in [0, 0.05) is 24.4 Å². The molecule has 296 valence electrons. The van der Waals surface area contributed by atoms with E-state index in [0.29, 0.717) is 13.8 Å². The number of hydrogen-bond acceptors (Lipinski definition) is 1. The summed E-state index contributed by atoms with van der Waals surface area (Å²) >= 11 is 0. The molecule has 0 aromatic carbocycles. The third kappa shape index (κ3) is 7.38. The zero-order valence-electron chi connectivity index (χ0n) is 23.6. The fourth-order valence-corrected chi connectivity index (χ4v) is 5.64. The van der Waals surface area contributed by atoms with Gasteiger partial charge in [0.05, 0.1) is 0 Å². The van der Waals surface area contributed by atoms with Crippen molar-refractivity contribution in [3.05, 3.63) is 0 Å². The third-order valence-corrected chi connectivity index (χ3v) is 8.29. The van der Waals surface area contributed by atoms with E-state index in [4.69, 9.17) is 0 Å². The van der Waals surface area contributed by atoms with Crippen molar-refractivity contribution in [1.29, 1.82) is 0 Å². The van der Waals surface area contributed by atoms with E-state index in [0.717, 1.165) is 0 Å². The molecule has 0 rings (SSSR count). The lowest BCUT2D eigenvalue weighted by Gasteiger charge is -2.48. The van der Waals surface area contributed by atoms with Crippen molar-refractivity contribution in [3.63, 3.8) is 0 Å². The summed E-state index contributed by atoms with van der Waals surface area (Å²) < 4.78 is 337. The number of alkyl halides is 24. The van der Waals surface area contributed by atoms with Crippen LogP contribution in [0, 0.1) is 0 Å². The molecular formula is C20H20F24NO3P. The molecule has 0 aliphatic rings. The van der Waals surface area contributed by atoms with Gasteiger partial charge in [0.25, 0.3) is 0 Å². The molecule has 1 unspecified atom stereocenters. The van der Waals surface area contributed by atoms with Crippen molar-refractivity contribution in [2.24, 2.45) is 0 Å². The van der Waals surface area contributed by atoms with Crippen molar-refractivity contribution in [1.82, 2.24) is 4.67 Å². The van der Waals surface area contributed by atoms with E-state index in [2.05, 4.69) is 0 Å². The second-order valence-electron chi connectivity index (χ2n) is 10.8. The fourth-order valence-electron chi connectivity index (χ4n) is 4.24. The first kappa shape index (κ1) is 47.4. The Morgan fingerprint density at radius 1 is 0.510 bits per heavy atom. The Labute approximate surface area is 257 Å². The summed E-state index contributed by atoms with van der Waals surface area (Å²) in [4.78, 5) is 18.9. The monoisotopic (exact) mass is 809 g/mol. The molecule has 0 amide bonds. The summed E-state index contributed by atoms with van der Waals surface area (Å²) in [5.74, 6) is -78.6. The van der Waals surface area contributed by atoms with E-state index in [1.54, 1.807) is 0 Å². The van der Waals surface area contributed by atoms with Crippen LogP contribution in [0.5, 0.6) is 0 Å². The summed E-state index contributed by atoms with van der Waals surface area (Å²) in [7, 11) is -6.60. The van der Waals surface area contributed by atoms with Crippen molar-refractivity contribution < 1.29 is 120 Å². The van der Waals surface area contributed by atoms with Crippen LogP contribution in [-0.4, -0.2) is 98.1 Å². The van der Waals surface area contributed by atoms with Gasteiger partial charge in [0.15, 0.2) is 0 Å². The molecule has 0 aromatic rings. The summed E-state index contributed by atoms with van der Waals surface area (Å²) in [6, 6.07) is -2.33. The molecule has 0 radical (unpaired) electrons. The van der Waals surface area contributed by atoms with Gasteiger partial charge in [-0.15, -0.1) is 0 Å². The van der Waals surface area contributed by atoms with E-state index in [-0.39, 0.29) is 0 Å². The highest BCUT2D eigenvalue weighted by Gasteiger charge is 2.89. The van der Waals surface area contributed by atoms with Crippen LogP contribution in [0.4, 0.5) is 105 Å². The summed E-state index contributed by atoms with van der Waals surface area (Å²) in [6.07, 6.45) is -22.3. The van der Waals surface area contributed by atoms with Gasteiger partial charge in [-0.25, -0.2) is 26.8 Å². The summed E-state index contributed by atoms with van der Waals surface area (Å²) in [5, 5.41) is 0. The molecule has 1 atom stereocenters. The van der Waals surface area contributed by atoms with Crippen LogP contribution in [0.3, 0.4) is 0 Å². The van der Waals surface area contributed by atoms with E-state index in [9.17, 15) is 120 Å². The van der Waals surface area contributed by atoms with E-state index >= 15 is 0 Å². The van der Waals surface area contributed by atoms with Gasteiger partial charge in [-0.05, 0) is 27.2 Å². The maximum atomic E-state index is 14.7. The molecular weight excluding hydrogens is 789 g/mol. The first-order valence-electron chi connectivity index (χ1n) is 12.1. The van der Waals surface area contributed by atoms with Crippen molar-refractivity contribution in [3.8, 4) is 0 Å². The standard InChI is InChI=1S/C20H20F24NO3P/c1-7(2)45(49(46,47)48)10(3,6-12(27,28)16(35,36)20(43,44)18(39,40)14(31,32)9(23)24)4-5-11(25,26)15(33,34)19(41,42)17(37,38)13(29,30)8(21)22/h7-9H,4-6H2,1-3H3,(H2,46,47,48). The minimum atomic E-state index is -8.34. The highest BCUT2D eigenvalue weighted by molar-refractivity contribution is 7.49. The molecule has 0 saturated carbocycles. The molecule has 49 heavy (non-hydrogen) atoms. The molecule has 0 aliphatic heterocycles. The molecule has 0 heterocycles. The van der Waals surface area contributed by atoms with Gasteiger partial charge in [-0.3, -0.25) is 0 Å². The largest absolute Gasteiger partial charge is 0.403 e. The maximum Gasteiger partial charge on any atom is 0.403 e. The van der Waals surface area contributed by atoms with Crippen molar-refractivity contribution in [2.75, 3.05) is 0 Å². The minimum Gasteiger partial charge on any atom is -0.312 e. The van der Waals surface area contributed by atoms with Crippen LogP contribution in [0.15, 0.2) is 0 Å². The molecule has 0 spiro atoms. The molecule has 0 aliphatic carbocycles. The van der Waals surface area contributed by atoms with Gasteiger partial charge in [-0.2, -0.15) is 87.8 Å². The quantitative estimate of drug-likeness (QED) is 0.107. The molecule has 0 fully saturated rings. The SMILES string of the molecule is CC(C)N(C(C)(CCC(F)(F)C(F)(F)C(F)(F)C(F)(F)C(F)(F)C(F)F)CC(F)(F)C(F)(F)C(F)(F)C(F)(F)C(F)(F)C(F)F)P(=O)(O)O. The smallest absolute Gasteiger partial charge is 0.312 e. The lowest BCUT2D eigenvalue weighted by molar-refractivity contribution is -0.415. The fraction of sp³-hybridized carbons (Fsp3) is 1.00. The Kier molecular flexibility index (Phi) is 12.7. The topological polar surface area (TPSA) is 60.8 Å². The van der Waals surface area contributed by atoms with E-state index < -0.39 is 122 Å². The predicted molar refractivity (Wildman–Crippen MR) is 113 cm³/mol. The Hall–Kier alpha value is -1.57. The normalized spacial score (nSPS) is 17.5. The Balaban J connectivity index is 7.38. The van der Waals surface area contributed by atoms with Crippen LogP contribution in [0.25, 0.3) is 0 Å². The number of halogens is 24. The summed E-state index contributed by atoms with van der Waals surface area (Å²) in [5.41, 5.74) is -4.40. The molecule has 29 heteroatoms. The van der Waals surface area contributed by atoms with E-state index in [1.807, 2.05) is 0 Å². The first-order chi connectivity index (χ1) is 20.9. The Morgan fingerprint density at radius 3 is 1.04 bits per heavy atom. The zero-order chi connectivity index (χ0) is 40.4.